The molecule has 0 spiro atoms. The Labute approximate surface area is 203 Å². The fourth-order valence-corrected chi connectivity index (χ4v) is 6.30. The summed E-state index contributed by atoms with van der Waals surface area (Å²) in [6.45, 7) is 4.60. The first-order valence-electron chi connectivity index (χ1n) is 13.2. The highest BCUT2D eigenvalue weighted by Crippen LogP contribution is 2.31. The lowest BCUT2D eigenvalue weighted by molar-refractivity contribution is -0.137. The number of imide groups is 1. The molecule has 1 unspecified atom stereocenters. The van der Waals surface area contributed by atoms with Gasteiger partial charge in [-0.1, -0.05) is 12.5 Å². The van der Waals surface area contributed by atoms with Crippen LogP contribution in [0, 0.1) is 5.92 Å². The molecular weight excluding hydrogens is 430 g/mol. The molecule has 1 aliphatic carbocycles. The minimum atomic E-state index is -0.218. The van der Waals surface area contributed by atoms with E-state index in [0.29, 0.717) is 25.0 Å². The summed E-state index contributed by atoms with van der Waals surface area (Å²) in [6.07, 6.45) is 10.2. The predicted molar refractivity (Wildman–Crippen MR) is 129 cm³/mol. The smallest absolute Gasteiger partial charge is 0.243 e. The van der Waals surface area contributed by atoms with E-state index < -0.39 is 0 Å². The fraction of sp³-hybridized carbons (Fsp3) is 0.704. The minimum absolute atomic E-state index is 0.159. The molecule has 2 saturated heterocycles. The molecule has 0 radical (unpaired) electrons. The van der Waals surface area contributed by atoms with Crippen LogP contribution in [0.1, 0.15) is 68.9 Å². The Hall–Kier alpha value is -1.96. The average molecular weight is 470 g/mol. The Balaban J connectivity index is 1.14. The maximum absolute atomic E-state index is 12.3. The van der Waals surface area contributed by atoms with Crippen LogP contribution in [0.15, 0.2) is 18.2 Å². The van der Waals surface area contributed by atoms with Gasteiger partial charge in [0.2, 0.25) is 11.8 Å². The number of benzene rings is 1. The van der Waals surface area contributed by atoms with Crippen molar-refractivity contribution in [2.45, 2.75) is 89.1 Å². The van der Waals surface area contributed by atoms with E-state index >= 15 is 0 Å². The molecule has 7 heteroatoms. The van der Waals surface area contributed by atoms with Gasteiger partial charge in [0, 0.05) is 39.2 Å². The number of methoxy groups -OCH3 is 1. The van der Waals surface area contributed by atoms with Crippen LogP contribution in [-0.2, 0) is 27.4 Å². The zero-order valence-corrected chi connectivity index (χ0v) is 20.5. The number of piperidine rings is 2. The van der Waals surface area contributed by atoms with Crippen LogP contribution in [0.4, 0.5) is 0 Å². The monoisotopic (exact) mass is 469 g/mol. The van der Waals surface area contributed by atoms with E-state index in [1.807, 2.05) is 7.11 Å². The highest BCUT2D eigenvalue weighted by atomic mass is 16.5. The maximum Gasteiger partial charge on any atom is 0.243 e. The highest BCUT2D eigenvalue weighted by Gasteiger charge is 2.35. The van der Waals surface area contributed by atoms with Crippen LogP contribution in [0.3, 0.4) is 0 Å². The molecule has 1 saturated carbocycles. The van der Waals surface area contributed by atoms with Gasteiger partial charge in [0.25, 0.3) is 0 Å². The number of carbonyl (C=O) groups excluding carboxylic acids is 2. The summed E-state index contributed by atoms with van der Waals surface area (Å²) < 4.78 is 11.9. The van der Waals surface area contributed by atoms with Crippen molar-refractivity contribution < 1.29 is 19.1 Å². The maximum atomic E-state index is 12.3. The third-order valence-corrected chi connectivity index (χ3v) is 8.39. The lowest BCUT2D eigenvalue weighted by Crippen LogP contribution is -2.50. The van der Waals surface area contributed by atoms with E-state index in [1.165, 1.54) is 69.2 Å². The van der Waals surface area contributed by atoms with E-state index in [9.17, 15) is 9.59 Å². The topological polar surface area (TPSA) is 71.1 Å². The minimum Gasteiger partial charge on any atom is -0.492 e. The van der Waals surface area contributed by atoms with Crippen LogP contribution < -0.4 is 10.1 Å². The number of fused-ring (bicyclic) bond motifs is 1. The fourth-order valence-electron chi connectivity index (χ4n) is 6.30. The molecule has 3 heterocycles. The molecule has 7 nitrogen and oxygen atoms in total. The summed E-state index contributed by atoms with van der Waals surface area (Å²) >= 11 is 0. The molecule has 3 aliphatic heterocycles. The first-order chi connectivity index (χ1) is 16.6. The van der Waals surface area contributed by atoms with Crippen LogP contribution in [0.5, 0.6) is 5.75 Å². The van der Waals surface area contributed by atoms with E-state index in [-0.39, 0.29) is 17.9 Å². The number of amides is 2. The lowest BCUT2D eigenvalue weighted by atomic mass is 9.86. The quantitative estimate of drug-likeness (QED) is 0.618. The second-order valence-corrected chi connectivity index (χ2v) is 10.6. The van der Waals surface area contributed by atoms with Crippen LogP contribution in [0.2, 0.25) is 0 Å². The van der Waals surface area contributed by atoms with Gasteiger partial charge in [-0.3, -0.25) is 24.7 Å². The number of ether oxygens (including phenoxy) is 2. The van der Waals surface area contributed by atoms with Gasteiger partial charge in [-0.05, 0) is 80.7 Å². The summed E-state index contributed by atoms with van der Waals surface area (Å²) in [6, 6.07) is 6.64. The van der Waals surface area contributed by atoms with Crippen molar-refractivity contribution in [3.63, 3.8) is 0 Å². The SMILES string of the molecule is CO[C@H]1CC[C@H](CN2CCCC[C@@H]2COc2ccc3c(c2)CN(C2CCC(=O)NC2=O)C3)CC1. The molecule has 1 aromatic rings. The summed E-state index contributed by atoms with van der Waals surface area (Å²) in [4.78, 5) is 28.6. The Morgan fingerprint density at radius 2 is 1.82 bits per heavy atom. The number of rotatable bonds is 7. The molecule has 3 fully saturated rings. The summed E-state index contributed by atoms with van der Waals surface area (Å²) in [7, 11) is 1.84. The standard InChI is InChI=1S/C27H39N3O4/c1-33-23-8-5-19(6-9-23)15-29-13-3-2-4-22(29)18-34-24-10-7-20-16-30(17-21(20)14-24)25-11-12-26(31)28-27(25)32/h7,10,14,19,22-23,25H,2-6,8-9,11-13,15-18H2,1H3,(H,28,31,32)/t19-,22-,23-,25?/m1/s1. The zero-order chi connectivity index (χ0) is 23.5. The third kappa shape index (κ3) is 5.47. The normalized spacial score (nSPS) is 30.7. The predicted octanol–water partition coefficient (Wildman–Crippen LogP) is 3.25. The molecule has 0 bridgehead atoms. The van der Waals surface area contributed by atoms with E-state index in [0.717, 1.165) is 31.4 Å². The Morgan fingerprint density at radius 3 is 2.62 bits per heavy atom. The van der Waals surface area contributed by atoms with Gasteiger partial charge in [-0.15, -0.1) is 0 Å². The summed E-state index contributed by atoms with van der Waals surface area (Å²) in [5, 5.41) is 2.48. The van der Waals surface area contributed by atoms with Crippen molar-refractivity contribution in [3.8, 4) is 5.75 Å². The van der Waals surface area contributed by atoms with Gasteiger partial charge in [0.15, 0.2) is 0 Å². The molecular formula is C27H39N3O4. The Bertz CT molecular complexity index is 883. The van der Waals surface area contributed by atoms with Crippen molar-refractivity contribution in [2.24, 2.45) is 5.92 Å². The van der Waals surface area contributed by atoms with Gasteiger partial charge in [-0.2, -0.15) is 0 Å². The van der Waals surface area contributed by atoms with Crippen molar-refractivity contribution in [3.05, 3.63) is 29.3 Å². The van der Waals surface area contributed by atoms with E-state index in [2.05, 4.69) is 33.3 Å². The van der Waals surface area contributed by atoms with Crippen molar-refractivity contribution >= 4 is 11.8 Å². The first kappa shape index (κ1) is 23.8. The summed E-state index contributed by atoms with van der Waals surface area (Å²) in [5.74, 6) is 1.39. The van der Waals surface area contributed by atoms with E-state index in [4.69, 9.17) is 9.47 Å². The zero-order valence-electron chi connectivity index (χ0n) is 20.5. The molecule has 1 aromatic carbocycles. The van der Waals surface area contributed by atoms with Crippen molar-refractivity contribution in [2.75, 3.05) is 26.8 Å². The van der Waals surface area contributed by atoms with Crippen molar-refractivity contribution in [1.82, 2.24) is 15.1 Å². The molecule has 5 rings (SSSR count). The summed E-state index contributed by atoms with van der Waals surface area (Å²) in [5.41, 5.74) is 2.49. The van der Waals surface area contributed by atoms with Gasteiger partial charge < -0.3 is 9.47 Å². The van der Waals surface area contributed by atoms with Gasteiger partial charge in [-0.25, -0.2) is 0 Å². The van der Waals surface area contributed by atoms with Gasteiger partial charge in [0.1, 0.15) is 12.4 Å². The highest BCUT2D eigenvalue weighted by molar-refractivity contribution is 6.00. The molecule has 1 N–H and O–H groups in total. The van der Waals surface area contributed by atoms with Crippen LogP contribution >= 0.6 is 0 Å². The van der Waals surface area contributed by atoms with E-state index in [1.54, 1.807) is 0 Å². The number of likely N-dealkylation sites (tertiary alicyclic amines) is 1. The second kappa shape index (κ2) is 10.8. The number of nitrogens with zero attached hydrogens (tertiary/aromatic N) is 2. The van der Waals surface area contributed by atoms with Crippen LogP contribution in [0.25, 0.3) is 0 Å². The average Bonchev–Trinajstić information content (AvgIpc) is 3.27. The van der Waals surface area contributed by atoms with Crippen LogP contribution in [-0.4, -0.2) is 66.6 Å². The lowest BCUT2D eigenvalue weighted by Gasteiger charge is -2.39. The van der Waals surface area contributed by atoms with Gasteiger partial charge >= 0.3 is 0 Å². The van der Waals surface area contributed by atoms with Crippen molar-refractivity contribution in [1.29, 1.82) is 0 Å². The number of hydrogen-bond donors (Lipinski definition) is 1. The molecule has 34 heavy (non-hydrogen) atoms. The third-order valence-electron chi connectivity index (χ3n) is 8.39. The first-order valence-corrected chi connectivity index (χ1v) is 13.2. The number of nitrogens with one attached hydrogen (secondary N) is 1. The Morgan fingerprint density at radius 1 is 1.00 bits per heavy atom. The second-order valence-electron chi connectivity index (χ2n) is 10.6. The largest absolute Gasteiger partial charge is 0.492 e. The molecule has 2 atom stereocenters. The Kier molecular flexibility index (Phi) is 7.52. The number of hydrogen-bond acceptors (Lipinski definition) is 6. The molecule has 2 amide bonds. The van der Waals surface area contributed by atoms with Gasteiger partial charge in [0.05, 0.1) is 12.1 Å². The molecule has 0 aromatic heterocycles. The molecule has 4 aliphatic rings. The number of carbonyl (C=O) groups is 2. The molecule has 186 valence electrons.